The van der Waals surface area contributed by atoms with Crippen molar-refractivity contribution in [3.8, 4) is 5.75 Å². The van der Waals surface area contributed by atoms with E-state index in [-0.39, 0.29) is 12.0 Å². The van der Waals surface area contributed by atoms with E-state index in [1.54, 1.807) is 7.11 Å². The van der Waals surface area contributed by atoms with Crippen LogP contribution in [0.3, 0.4) is 0 Å². The number of benzene rings is 2. The molecule has 1 aromatic heterocycles. The van der Waals surface area contributed by atoms with Gasteiger partial charge in [-0.1, -0.05) is 42.5 Å². The maximum atomic E-state index is 12.7. The second kappa shape index (κ2) is 11.8. The molecular weight excluding hydrogens is 490 g/mol. The van der Waals surface area contributed by atoms with Gasteiger partial charge in [-0.05, 0) is 82.3 Å². The predicted molar refractivity (Wildman–Crippen MR) is 154 cm³/mol. The number of hydrogen-bond acceptors (Lipinski definition) is 6. The van der Waals surface area contributed by atoms with Gasteiger partial charge < -0.3 is 24.1 Å². The molecule has 3 aliphatic rings. The van der Waals surface area contributed by atoms with Gasteiger partial charge in [-0.2, -0.15) is 0 Å². The normalized spacial score (nSPS) is 22.4. The summed E-state index contributed by atoms with van der Waals surface area (Å²) in [5, 5.41) is 0. The summed E-state index contributed by atoms with van der Waals surface area (Å²) in [4.78, 5) is 23.3. The van der Waals surface area contributed by atoms with Crippen LogP contribution in [0.4, 0.5) is 4.79 Å². The van der Waals surface area contributed by atoms with E-state index in [4.69, 9.17) is 19.2 Å². The summed E-state index contributed by atoms with van der Waals surface area (Å²) in [6, 6.07) is 16.6. The topological polar surface area (TPSA) is 76.7 Å². The van der Waals surface area contributed by atoms with Crippen LogP contribution in [0.1, 0.15) is 57.3 Å². The Balaban J connectivity index is 1.23. The molecule has 0 unspecified atom stereocenters. The average Bonchev–Trinajstić information content (AvgIpc) is 3.35. The summed E-state index contributed by atoms with van der Waals surface area (Å²) in [5.74, 6) is 2.35. The molecule has 1 saturated carbocycles. The third-order valence-corrected chi connectivity index (χ3v) is 8.25. The Bertz CT molecular complexity index is 1300. The lowest BCUT2D eigenvalue weighted by atomic mass is 9.61. The SMILES string of the molecule is COc1cccc2[nH]c(CCCN(C)CC[C@]3(OC(=O)OC(C)C)C[C@H]4CC[C@H]3C=C4c3ccccc3)nc12. The zero-order valence-electron chi connectivity index (χ0n) is 23.6. The molecule has 6 rings (SSSR count). The predicted octanol–water partition coefficient (Wildman–Crippen LogP) is 6.64. The van der Waals surface area contributed by atoms with Gasteiger partial charge in [-0.25, -0.2) is 9.78 Å². The van der Waals surface area contributed by atoms with Gasteiger partial charge >= 0.3 is 6.16 Å². The first-order chi connectivity index (χ1) is 18.9. The van der Waals surface area contributed by atoms with Crippen molar-refractivity contribution in [3.05, 3.63) is 66.0 Å². The number of H-pyrrole nitrogens is 1. The van der Waals surface area contributed by atoms with Crippen LogP contribution in [-0.4, -0.2) is 60.0 Å². The Morgan fingerprint density at radius 3 is 2.67 bits per heavy atom. The number of nitrogens with zero attached hydrogens (tertiary/aromatic N) is 2. The van der Waals surface area contributed by atoms with Gasteiger partial charge in [0, 0.05) is 25.3 Å². The quantitative estimate of drug-likeness (QED) is 0.280. The van der Waals surface area contributed by atoms with Crippen LogP contribution >= 0.6 is 0 Å². The second-order valence-corrected chi connectivity index (χ2v) is 11.4. The van der Waals surface area contributed by atoms with Gasteiger partial charge in [-0.3, -0.25) is 0 Å². The highest BCUT2D eigenvalue weighted by molar-refractivity contribution is 5.81. The first kappa shape index (κ1) is 27.3. The molecule has 7 nitrogen and oxygen atoms in total. The number of aromatic nitrogens is 2. The Kier molecular flexibility index (Phi) is 8.26. The zero-order valence-corrected chi connectivity index (χ0v) is 23.6. The molecule has 1 fully saturated rings. The molecule has 208 valence electrons. The Labute approximate surface area is 231 Å². The minimum Gasteiger partial charge on any atom is -0.494 e. The highest BCUT2D eigenvalue weighted by atomic mass is 16.7. The number of fused-ring (bicyclic) bond motifs is 3. The molecule has 2 aromatic carbocycles. The van der Waals surface area contributed by atoms with Gasteiger partial charge in [0.15, 0.2) is 0 Å². The van der Waals surface area contributed by atoms with E-state index in [9.17, 15) is 4.79 Å². The lowest BCUT2D eigenvalue weighted by Gasteiger charge is -2.50. The molecule has 0 radical (unpaired) electrons. The summed E-state index contributed by atoms with van der Waals surface area (Å²) in [6.45, 7) is 5.50. The fourth-order valence-electron chi connectivity index (χ4n) is 6.32. The van der Waals surface area contributed by atoms with Crippen LogP contribution in [0, 0.1) is 11.8 Å². The average molecular weight is 532 g/mol. The lowest BCUT2D eigenvalue weighted by Crippen LogP contribution is -2.51. The number of ether oxygens (including phenoxy) is 3. The number of aryl methyl sites for hydroxylation is 1. The highest BCUT2D eigenvalue weighted by Crippen LogP contribution is 2.53. The van der Waals surface area contributed by atoms with E-state index in [1.807, 2.05) is 32.0 Å². The van der Waals surface area contributed by atoms with Gasteiger partial charge in [0.05, 0.1) is 18.7 Å². The maximum Gasteiger partial charge on any atom is 0.509 e. The largest absolute Gasteiger partial charge is 0.509 e. The van der Waals surface area contributed by atoms with Crippen LogP contribution < -0.4 is 4.74 Å². The van der Waals surface area contributed by atoms with Gasteiger partial charge in [-0.15, -0.1) is 0 Å². The van der Waals surface area contributed by atoms with Crippen molar-refractivity contribution in [2.75, 3.05) is 27.2 Å². The Morgan fingerprint density at radius 2 is 1.95 bits per heavy atom. The maximum absolute atomic E-state index is 12.7. The molecule has 2 bridgehead atoms. The van der Waals surface area contributed by atoms with E-state index < -0.39 is 11.8 Å². The summed E-state index contributed by atoms with van der Waals surface area (Å²) < 4.78 is 17.1. The number of carbonyl (C=O) groups is 1. The van der Waals surface area contributed by atoms with Crippen LogP contribution in [0.15, 0.2) is 54.6 Å². The number of imidazole rings is 1. The summed E-state index contributed by atoms with van der Waals surface area (Å²) in [7, 11) is 3.82. The summed E-state index contributed by atoms with van der Waals surface area (Å²) in [6.07, 6.45) is 7.28. The van der Waals surface area contributed by atoms with Gasteiger partial charge in [0.2, 0.25) is 0 Å². The van der Waals surface area contributed by atoms with Crippen LogP contribution in [-0.2, 0) is 15.9 Å². The molecule has 39 heavy (non-hydrogen) atoms. The fourth-order valence-corrected chi connectivity index (χ4v) is 6.32. The molecular formula is C32H41N3O4. The number of carbonyl (C=O) groups excluding carboxylic acids is 1. The Hall–Kier alpha value is -3.32. The molecule has 0 saturated heterocycles. The van der Waals surface area contributed by atoms with Gasteiger partial charge in [0.1, 0.15) is 22.7 Å². The minimum atomic E-state index is -0.546. The molecule has 3 aliphatic carbocycles. The number of methoxy groups -OCH3 is 1. The van der Waals surface area contributed by atoms with Crippen LogP contribution in [0.5, 0.6) is 5.75 Å². The molecule has 3 atom stereocenters. The van der Waals surface area contributed by atoms with Crippen molar-refractivity contribution in [1.29, 1.82) is 0 Å². The Morgan fingerprint density at radius 1 is 1.13 bits per heavy atom. The molecule has 0 amide bonds. The fraction of sp³-hybridized carbons (Fsp3) is 0.500. The van der Waals surface area contributed by atoms with E-state index in [2.05, 4.69) is 53.3 Å². The molecule has 1 heterocycles. The minimum absolute atomic E-state index is 0.191. The van der Waals surface area contributed by atoms with Crippen LogP contribution in [0.2, 0.25) is 0 Å². The molecule has 0 spiro atoms. The number of nitrogens with one attached hydrogen (secondary N) is 1. The standard InChI is InChI=1S/C32H41N3O4/c1-22(2)38-31(36)39-32(21-24-15-16-25(32)20-26(24)23-10-6-5-7-11-23)17-19-35(3)18-9-14-29-33-27-12-8-13-28(37-4)30(27)34-29/h5-8,10-13,20,22,24-25H,9,14-19,21H2,1-4H3,(H,33,34)/t24-,25+,32+/m1/s1. The molecule has 0 aliphatic heterocycles. The smallest absolute Gasteiger partial charge is 0.494 e. The van der Waals surface area contributed by atoms with E-state index in [0.29, 0.717) is 5.92 Å². The molecule has 3 aromatic rings. The second-order valence-electron chi connectivity index (χ2n) is 11.4. The van der Waals surface area contributed by atoms with Crippen LogP contribution in [0.25, 0.3) is 16.6 Å². The van der Waals surface area contributed by atoms with Crippen molar-refractivity contribution in [2.24, 2.45) is 11.8 Å². The lowest BCUT2D eigenvalue weighted by molar-refractivity contribution is -0.0991. The van der Waals surface area contributed by atoms with E-state index in [1.165, 1.54) is 11.1 Å². The first-order valence-corrected chi connectivity index (χ1v) is 14.2. The molecule has 7 heteroatoms. The number of para-hydroxylation sites is 1. The number of aromatic amines is 1. The third-order valence-electron chi connectivity index (χ3n) is 8.25. The van der Waals surface area contributed by atoms with Crippen molar-refractivity contribution >= 4 is 22.8 Å². The van der Waals surface area contributed by atoms with Crippen molar-refractivity contribution < 1.29 is 19.0 Å². The highest BCUT2D eigenvalue weighted by Gasteiger charge is 2.50. The van der Waals surface area contributed by atoms with E-state index in [0.717, 1.165) is 74.2 Å². The summed E-state index contributed by atoms with van der Waals surface area (Å²) >= 11 is 0. The number of rotatable bonds is 11. The third kappa shape index (κ3) is 6.14. The molecule has 1 N–H and O–H groups in total. The van der Waals surface area contributed by atoms with Gasteiger partial charge in [0.25, 0.3) is 0 Å². The van der Waals surface area contributed by atoms with Crippen molar-refractivity contribution in [3.63, 3.8) is 0 Å². The first-order valence-electron chi connectivity index (χ1n) is 14.2. The monoisotopic (exact) mass is 531 g/mol. The van der Waals surface area contributed by atoms with Crippen molar-refractivity contribution in [2.45, 2.75) is 64.1 Å². The zero-order chi connectivity index (χ0) is 27.4. The van der Waals surface area contributed by atoms with Crippen molar-refractivity contribution in [1.82, 2.24) is 14.9 Å². The number of allylic oxidation sites excluding steroid dienone is 1. The number of hydrogen-bond donors (Lipinski definition) is 1. The summed E-state index contributed by atoms with van der Waals surface area (Å²) in [5.41, 5.74) is 4.04. The van der Waals surface area contributed by atoms with E-state index >= 15 is 0 Å².